The predicted molar refractivity (Wildman–Crippen MR) is 68.5 cm³/mol. The minimum absolute atomic E-state index is 0.349. The number of ether oxygens (including phenoxy) is 1. The van der Waals surface area contributed by atoms with E-state index in [1.807, 2.05) is 0 Å². The second-order valence-corrected chi connectivity index (χ2v) is 4.26. The van der Waals surface area contributed by atoms with Gasteiger partial charge in [-0.15, -0.1) is 0 Å². The molecule has 0 radical (unpaired) electrons. The van der Waals surface area contributed by atoms with E-state index in [0.29, 0.717) is 23.3 Å². The zero-order valence-electron chi connectivity index (χ0n) is 10.1. The molecule has 0 unspecified atom stereocenters. The second-order valence-electron chi connectivity index (χ2n) is 3.83. The standard InChI is InChI=1S/C12H13ClFN3O/c1-17-12(18-2)6-11(16-17)15-7-8-3-9(13)5-10(14)4-8/h3-6H,7H2,1-2H3,(H,15,16). The summed E-state index contributed by atoms with van der Waals surface area (Å²) in [7, 11) is 3.36. The van der Waals surface area contributed by atoms with Gasteiger partial charge in [-0.25, -0.2) is 9.07 Å². The summed E-state index contributed by atoms with van der Waals surface area (Å²) in [4.78, 5) is 0. The SMILES string of the molecule is COc1cc(NCc2cc(F)cc(Cl)c2)nn1C. The van der Waals surface area contributed by atoms with Crippen LogP contribution in [-0.4, -0.2) is 16.9 Å². The molecule has 2 rings (SSSR count). The Morgan fingerprint density at radius 3 is 2.78 bits per heavy atom. The Labute approximate surface area is 109 Å². The van der Waals surface area contributed by atoms with Crippen LogP contribution in [-0.2, 0) is 13.6 Å². The lowest BCUT2D eigenvalue weighted by Crippen LogP contribution is -2.01. The number of hydrogen-bond donors (Lipinski definition) is 1. The maximum atomic E-state index is 13.1. The largest absolute Gasteiger partial charge is 0.481 e. The molecule has 0 amide bonds. The molecule has 4 nitrogen and oxygen atoms in total. The van der Waals surface area contributed by atoms with Crippen molar-refractivity contribution in [2.24, 2.45) is 7.05 Å². The number of nitrogens with zero attached hydrogens (tertiary/aromatic N) is 2. The normalized spacial score (nSPS) is 10.4. The summed E-state index contributed by atoms with van der Waals surface area (Å²) in [6.07, 6.45) is 0. The van der Waals surface area contributed by atoms with Crippen molar-refractivity contribution in [2.45, 2.75) is 6.54 Å². The van der Waals surface area contributed by atoms with Gasteiger partial charge >= 0.3 is 0 Å². The Balaban J connectivity index is 2.06. The number of nitrogens with one attached hydrogen (secondary N) is 1. The van der Waals surface area contributed by atoms with Crippen LogP contribution in [0.5, 0.6) is 5.88 Å². The van der Waals surface area contributed by atoms with E-state index >= 15 is 0 Å². The third-order valence-electron chi connectivity index (χ3n) is 2.44. The van der Waals surface area contributed by atoms with E-state index in [1.165, 1.54) is 12.1 Å². The number of hydrogen-bond acceptors (Lipinski definition) is 3. The quantitative estimate of drug-likeness (QED) is 0.928. The molecule has 1 aromatic carbocycles. The van der Waals surface area contributed by atoms with E-state index in [9.17, 15) is 4.39 Å². The van der Waals surface area contributed by atoms with Gasteiger partial charge in [0.2, 0.25) is 5.88 Å². The molecule has 0 saturated heterocycles. The first kappa shape index (κ1) is 12.7. The number of halogens is 2. The third-order valence-corrected chi connectivity index (χ3v) is 2.66. The number of methoxy groups -OCH3 is 1. The monoisotopic (exact) mass is 269 g/mol. The third kappa shape index (κ3) is 2.92. The summed E-state index contributed by atoms with van der Waals surface area (Å²) in [6, 6.07) is 6.17. The molecule has 18 heavy (non-hydrogen) atoms. The Morgan fingerprint density at radius 2 is 2.17 bits per heavy atom. The summed E-state index contributed by atoms with van der Waals surface area (Å²) in [5, 5.41) is 7.65. The molecule has 0 aliphatic carbocycles. The average Bonchev–Trinajstić information content (AvgIpc) is 2.66. The van der Waals surface area contributed by atoms with Crippen molar-refractivity contribution in [3.63, 3.8) is 0 Å². The molecule has 2 aromatic rings. The van der Waals surface area contributed by atoms with Gasteiger partial charge < -0.3 is 10.1 Å². The number of benzene rings is 1. The first-order chi connectivity index (χ1) is 8.58. The van der Waals surface area contributed by atoms with E-state index in [1.54, 1.807) is 31.0 Å². The van der Waals surface area contributed by atoms with Crippen molar-refractivity contribution >= 4 is 17.4 Å². The van der Waals surface area contributed by atoms with Crippen LogP contribution in [0.15, 0.2) is 24.3 Å². The smallest absolute Gasteiger partial charge is 0.213 e. The molecule has 0 aliphatic heterocycles. The number of anilines is 1. The molecule has 1 N–H and O–H groups in total. The van der Waals surface area contributed by atoms with Crippen LogP contribution < -0.4 is 10.1 Å². The van der Waals surface area contributed by atoms with Crippen molar-refractivity contribution in [3.05, 3.63) is 40.7 Å². The molecule has 0 saturated carbocycles. The van der Waals surface area contributed by atoms with Crippen molar-refractivity contribution in [1.29, 1.82) is 0 Å². The van der Waals surface area contributed by atoms with E-state index in [-0.39, 0.29) is 5.82 Å². The predicted octanol–water partition coefficient (Wildman–Crippen LogP) is 2.83. The van der Waals surface area contributed by atoms with Gasteiger partial charge in [-0.1, -0.05) is 11.6 Å². The summed E-state index contributed by atoms with van der Waals surface area (Å²) in [5.74, 6) is 0.961. The lowest BCUT2D eigenvalue weighted by molar-refractivity contribution is 0.373. The first-order valence-electron chi connectivity index (χ1n) is 5.35. The Kier molecular flexibility index (Phi) is 3.72. The van der Waals surface area contributed by atoms with Crippen molar-refractivity contribution < 1.29 is 9.13 Å². The topological polar surface area (TPSA) is 39.1 Å². The van der Waals surface area contributed by atoms with Crippen molar-refractivity contribution in [3.8, 4) is 5.88 Å². The van der Waals surface area contributed by atoms with Crippen LogP contribution in [0.3, 0.4) is 0 Å². The van der Waals surface area contributed by atoms with Gasteiger partial charge in [0.25, 0.3) is 0 Å². The molecule has 0 aliphatic rings. The van der Waals surface area contributed by atoms with Crippen LogP contribution in [0, 0.1) is 5.82 Å². The molecular weight excluding hydrogens is 257 g/mol. The molecule has 0 atom stereocenters. The zero-order valence-corrected chi connectivity index (χ0v) is 10.8. The first-order valence-corrected chi connectivity index (χ1v) is 5.73. The van der Waals surface area contributed by atoms with E-state index < -0.39 is 0 Å². The van der Waals surface area contributed by atoms with Gasteiger partial charge in [-0.05, 0) is 23.8 Å². The lowest BCUT2D eigenvalue weighted by Gasteiger charge is -2.03. The van der Waals surface area contributed by atoms with Gasteiger partial charge in [0.05, 0.1) is 7.11 Å². The highest BCUT2D eigenvalue weighted by atomic mass is 35.5. The molecule has 1 heterocycles. The summed E-state index contributed by atoms with van der Waals surface area (Å²) in [5.41, 5.74) is 0.754. The maximum Gasteiger partial charge on any atom is 0.213 e. The minimum atomic E-state index is -0.349. The molecule has 0 fully saturated rings. The van der Waals surface area contributed by atoms with E-state index in [2.05, 4.69) is 10.4 Å². The fraction of sp³-hybridized carbons (Fsp3) is 0.250. The van der Waals surface area contributed by atoms with E-state index in [4.69, 9.17) is 16.3 Å². The zero-order chi connectivity index (χ0) is 13.1. The van der Waals surface area contributed by atoms with E-state index in [0.717, 1.165) is 5.56 Å². The molecule has 0 bridgehead atoms. The fourth-order valence-electron chi connectivity index (χ4n) is 1.63. The van der Waals surface area contributed by atoms with Crippen LogP contribution >= 0.6 is 11.6 Å². The second kappa shape index (κ2) is 5.27. The number of aromatic nitrogens is 2. The summed E-state index contributed by atoms with van der Waals surface area (Å²) >= 11 is 5.78. The molecule has 6 heteroatoms. The summed E-state index contributed by atoms with van der Waals surface area (Å²) in [6.45, 7) is 0.442. The van der Waals surface area contributed by atoms with Crippen LogP contribution in [0.25, 0.3) is 0 Å². The van der Waals surface area contributed by atoms with Gasteiger partial charge in [0, 0.05) is 24.7 Å². The Hall–Kier alpha value is -1.75. The average molecular weight is 270 g/mol. The molecule has 96 valence electrons. The lowest BCUT2D eigenvalue weighted by atomic mass is 10.2. The highest BCUT2D eigenvalue weighted by Crippen LogP contribution is 2.18. The highest BCUT2D eigenvalue weighted by molar-refractivity contribution is 6.30. The van der Waals surface area contributed by atoms with Crippen molar-refractivity contribution in [2.75, 3.05) is 12.4 Å². The molecular formula is C12H13ClFN3O. The summed E-state index contributed by atoms with van der Waals surface area (Å²) < 4.78 is 19.8. The van der Waals surface area contributed by atoms with Gasteiger partial charge in [-0.3, -0.25) is 0 Å². The number of aryl methyl sites for hydroxylation is 1. The van der Waals surface area contributed by atoms with Gasteiger partial charge in [0.15, 0.2) is 5.82 Å². The Morgan fingerprint density at radius 1 is 1.39 bits per heavy atom. The van der Waals surface area contributed by atoms with Crippen LogP contribution in [0.4, 0.5) is 10.2 Å². The minimum Gasteiger partial charge on any atom is -0.481 e. The Bertz CT molecular complexity index is 536. The van der Waals surface area contributed by atoms with Gasteiger partial charge in [0.1, 0.15) is 5.82 Å². The molecule has 1 aromatic heterocycles. The van der Waals surface area contributed by atoms with Crippen LogP contribution in [0.1, 0.15) is 5.56 Å². The van der Waals surface area contributed by atoms with Gasteiger partial charge in [-0.2, -0.15) is 5.10 Å². The van der Waals surface area contributed by atoms with Crippen molar-refractivity contribution in [1.82, 2.24) is 9.78 Å². The fourth-order valence-corrected chi connectivity index (χ4v) is 1.88. The maximum absolute atomic E-state index is 13.1. The van der Waals surface area contributed by atoms with Crippen LogP contribution in [0.2, 0.25) is 5.02 Å². The highest BCUT2D eigenvalue weighted by Gasteiger charge is 2.05. The molecule has 0 spiro atoms. The number of rotatable bonds is 4.